The minimum absolute atomic E-state index is 0.0544. The van der Waals surface area contributed by atoms with Crippen molar-refractivity contribution in [1.82, 2.24) is 4.48 Å². The molecule has 0 aliphatic carbocycles. The second kappa shape index (κ2) is 9.43. The van der Waals surface area contributed by atoms with Crippen LogP contribution in [0.3, 0.4) is 0 Å². The van der Waals surface area contributed by atoms with Gasteiger partial charge in [0.05, 0.1) is 36.5 Å². The largest absolute Gasteiger partial charge is 0.737 e. The molecule has 2 aliphatic rings. The molecule has 0 N–H and O–H groups in total. The van der Waals surface area contributed by atoms with Crippen LogP contribution in [0, 0.1) is 29.1 Å². The van der Waals surface area contributed by atoms with Gasteiger partial charge in [0.15, 0.2) is 29.0 Å². The van der Waals surface area contributed by atoms with Crippen molar-refractivity contribution in [3.05, 3.63) is 118 Å². The summed E-state index contributed by atoms with van der Waals surface area (Å²) >= 11 is 0. The van der Waals surface area contributed by atoms with E-state index in [9.17, 15) is 22.0 Å². The Bertz CT molecular complexity index is 1790. The van der Waals surface area contributed by atoms with Crippen LogP contribution in [0.2, 0.25) is 0 Å². The predicted molar refractivity (Wildman–Crippen MR) is 139 cm³/mol. The van der Waals surface area contributed by atoms with E-state index in [1.165, 1.54) is 26.5 Å². The van der Waals surface area contributed by atoms with Gasteiger partial charge in [0.25, 0.3) is 0 Å². The van der Waals surface area contributed by atoms with E-state index in [2.05, 4.69) is 0 Å². The topological polar surface area (TPSA) is 26.4 Å². The van der Waals surface area contributed by atoms with Gasteiger partial charge < -0.3 is 27.1 Å². The first-order chi connectivity index (χ1) is 19.6. The zero-order chi connectivity index (χ0) is 29.2. The maximum absolute atomic E-state index is 16.2. The summed E-state index contributed by atoms with van der Waals surface area (Å²) in [5.41, 5.74) is -0.538. The van der Waals surface area contributed by atoms with E-state index in [0.29, 0.717) is 38.9 Å². The summed E-state index contributed by atoms with van der Waals surface area (Å²) in [4.78, 5) is 0. The fourth-order valence-electron chi connectivity index (χ4n) is 5.31. The van der Waals surface area contributed by atoms with Crippen LogP contribution >= 0.6 is 0 Å². The van der Waals surface area contributed by atoms with Crippen molar-refractivity contribution in [2.45, 2.75) is 0 Å². The Morgan fingerprint density at radius 2 is 1.29 bits per heavy atom. The molecule has 41 heavy (non-hydrogen) atoms. The zero-order valence-electron chi connectivity index (χ0n) is 21.4. The van der Waals surface area contributed by atoms with Crippen molar-refractivity contribution in [3.63, 3.8) is 0 Å². The Morgan fingerprint density at radius 3 is 1.88 bits per heavy atom. The smallest absolute Gasteiger partial charge is 0.496 e. The Kier molecular flexibility index (Phi) is 6.09. The highest BCUT2D eigenvalue weighted by Gasteiger charge is 2.53. The molecule has 0 unspecified atom stereocenters. The average Bonchev–Trinajstić information content (AvgIpc) is 3.62. The van der Waals surface area contributed by atoms with Crippen LogP contribution in [0.5, 0.6) is 11.5 Å². The first-order valence-corrected chi connectivity index (χ1v) is 12.2. The zero-order valence-corrected chi connectivity index (χ0v) is 21.4. The third-order valence-electron chi connectivity index (χ3n) is 7.16. The Labute approximate surface area is 228 Å². The average molecular weight is 570 g/mol. The third-order valence-corrected chi connectivity index (χ3v) is 7.16. The summed E-state index contributed by atoms with van der Waals surface area (Å²) in [5, 5.41) is 0. The molecule has 1 aromatic heterocycles. The highest BCUT2D eigenvalue weighted by atomic mass is 19.2. The van der Waals surface area contributed by atoms with E-state index < -0.39 is 47.2 Å². The van der Waals surface area contributed by atoms with Crippen molar-refractivity contribution in [1.29, 1.82) is 0 Å². The Morgan fingerprint density at radius 1 is 0.707 bits per heavy atom. The fourth-order valence-corrected chi connectivity index (χ4v) is 5.31. The van der Waals surface area contributed by atoms with Crippen molar-refractivity contribution >= 4 is 24.3 Å². The fraction of sp³-hybridized carbons (Fsp3) is 0.0690. The summed E-state index contributed by atoms with van der Waals surface area (Å²) in [6.45, 7) is -4.70. The molecule has 4 aromatic rings. The van der Waals surface area contributed by atoms with Crippen molar-refractivity contribution in [2.24, 2.45) is 0 Å². The molecule has 3 heterocycles. The molecule has 0 amide bonds. The first-order valence-electron chi connectivity index (χ1n) is 12.2. The summed E-state index contributed by atoms with van der Waals surface area (Å²) in [5.74, 6) is -10.2. The molecule has 0 bridgehead atoms. The lowest BCUT2D eigenvalue weighted by atomic mass is 9.86. The van der Waals surface area contributed by atoms with E-state index in [0.717, 1.165) is 10.6 Å². The molecule has 6 rings (SSSR count). The molecule has 12 heteroatoms. The lowest BCUT2D eigenvalue weighted by Gasteiger charge is -2.30. The van der Waals surface area contributed by atoms with Gasteiger partial charge in [-0.15, -0.1) is 0 Å². The van der Waals surface area contributed by atoms with Crippen LogP contribution in [-0.2, 0) is 0 Å². The van der Waals surface area contributed by atoms with Crippen LogP contribution in [0.25, 0.3) is 22.3 Å². The number of hydrogen-bond donors (Lipinski definition) is 0. The van der Waals surface area contributed by atoms with Gasteiger partial charge in [0, 0.05) is 17.3 Å². The molecule has 0 saturated carbocycles. The van der Waals surface area contributed by atoms with Gasteiger partial charge in [-0.2, -0.15) is 0 Å². The maximum Gasteiger partial charge on any atom is 0.737 e. The number of nitrogens with zero attached hydrogens (tertiary/aromatic N) is 2. The van der Waals surface area contributed by atoms with Gasteiger partial charge in [0.2, 0.25) is 5.82 Å². The van der Waals surface area contributed by atoms with Gasteiger partial charge in [-0.3, -0.25) is 0 Å². The second-order valence-electron chi connectivity index (χ2n) is 9.35. The quantitative estimate of drug-likeness (QED) is 0.111. The van der Waals surface area contributed by atoms with Gasteiger partial charge in [-0.25, -0.2) is 22.0 Å². The van der Waals surface area contributed by atoms with Crippen LogP contribution < -0.4 is 9.47 Å². The third kappa shape index (κ3) is 3.81. The number of allylic oxidation sites excluding steroid dienone is 2. The number of ether oxygens (including phenoxy) is 2. The molecule has 0 saturated heterocycles. The number of halogens is 7. The number of rotatable bonds is 5. The number of aromatic nitrogens is 1. The lowest BCUT2D eigenvalue weighted by molar-refractivity contribution is -0.356. The summed E-state index contributed by atoms with van der Waals surface area (Å²) in [7, 11) is 2.86. The predicted octanol–water partition coefficient (Wildman–Crippen LogP) is 7.04. The first kappa shape index (κ1) is 26.5. The van der Waals surface area contributed by atoms with Gasteiger partial charge in [-0.05, 0) is 30.0 Å². The minimum atomic E-state index is -4.70. The number of hydrogen-bond acceptors (Lipinski definition) is 2. The molecule has 0 atom stereocenters. The molecule has 4 nitrogen and oxygen atoms in total. The van der Waals surface area contributed by atoms with Crippen molar-refractivity contribution in [2.75, 3.05) is 14.2 Å². The molecule has 208 valence electrons. The minimum Gasteiger partial charge on any atom is -0.496 e. The molecular weight excluding hydrogens is 552 g/mol. The number of methoxy groups -OCH3 is 2. The molecule has 2 aliphatic heterocycles. The molecule has 3 aromatic carbocycles. The van der Waals surface area contributed by atoms with E-state index in [1.54, 1.807) is 48.5 Å². The summed E-state index contributed by atoms with van der Waals surface area (Å²) in [6, 6.07) is 14.4. The highest BCUT2D eigenvalue weighted by Crippen LogP contribution is 2.45. The Hall–Kier alpha value is -4.74. The van der Waals surface area contributed by atoms with Gasteiger partial charge >= 0.3 is 6.97 Å². The normalized spacial score (nSPS) is 15.3. The molecule has 0 fully saturated rings. The van der Waals surface area contributed by atoms with Gasteiger partial charge in [0.1, 0.15) is 17.7 Å². The van der Waals surface area contributed by atoms with Crippen LogP contribution in [-0.4, -0.2) is 36.4 Å². The number of benzene rings is 3. The lowest BCUT2D eigenvalue weighted by Crippen LogP contribution is -2.49. The number of fused-ring (bicyclic) bond motifs is 2. The van der Waals surface area contributed by atoms with Crippen molar-refractivity contribution in [3.8, 4) is 22.6 Å². The Balaban J connectivity index is 1.65. The second-order valence-corrected chi connectivity index (χ2v) is 9.35. The van der Waals surface area contributed by atoms with E-state index in [-0.39, 0.29) is 17.0 Å². The van der Waals surface area contributed by atoms with E-state index in [4.69, 9.17) is 9.47 Å². The van der Waals surface area contributed by atoms with Crippen LogP contribution in [0.1, 0.15) is 16.8 Å². The van der Waals surface area contributed by atoms with Gasteiger partial charge in [-0.1, -0.05) is 36.4 Å². The monoisotopic (exact) mass is 570 g/mol. The summed E-state index contributed by atoms with van der Waals surface area (Å²) in [6.07, 6.45) is 3.41. The summed E-state index contributed by atoms with van der Waals surface area (Å²) < 4.78 is 116. The van der Waals surface area contributed by atoms with E-state index >= 15 is 8.63 Å². The SMILES string of the molecule is COc1cccc(OC)c1C1=CC2=C(c3ccccc3)c3cc(-c4c(F)c(F)c(F)c(F)c4F)cn3[B-](F)(F)[N+]2=C1. The van der Waals surface area contributed by atoms with Crippen LogP contribution in [0.4, 0.5) is 30.6 Å². The molecule has 0 spiro atoms. The standard InChI is InChI=1S/C29H18BF7N2O2/c1-40-20-9-6-10-21(41-2)23(20)16-11-18-22(15-7-4-3-5-8-15)19-12-17(14-39(19)30(36,37)38(18)13-16)24-25(31)27(33)29(35)28(34)26(24)32/h3-14H,1-2H3. The highest BCUT2D eigenvalue weighted by molar-refractivity contribution is 6.58. The molecule has 0 radical (unpaired) electrons. The maximum atomic E-state index is 16.2. The molecular formula is C29H18BF7N2O2. The van der Waals surface area contributed by atoms with Crippen molar-refractivity contribution < 1.29 is 44.5 Å². The van der Waals surface area contributed by atoms with Crippen LogP contribution in [0.15, 0.2) is 72.6 Å². The van der Waals surface area contributed by atoms with E-state index in [1.807, 2.05) is 0 Å².